The fraction of sp³-hybridized carbons (Fsp3) is 0.667. The molecule has 0 aromatic rings. The number of rotatable bonds is 6. The fourth-order valence-electron chi connectivity index (χ4n) is 0.606. The second kappa shape index (κ2) is 7.02. The Balaban J connectivity index is 3.25. The Kier molecular flexibility index (Phi) is 6.64. The van der Waals surface area contributed by atoms with Gasteiger partial charge in [0.15, 0.2) is 0 Å². The highest BCUT2D eigenvalue weighted by Crippen LogP contribution is 1.99. The number of halogens is 1. The molecule has 0 N–H and O–H groups in total. The van der Waals surface area contributed by atoms with Crippen LogP contribution in [0.4, 0.5) is 0 Å². The summed E-state index contributed by atoms with van der Waals surface area (Å²) in [6, 6.07) is 0. The van der Waals surface area contributed by atoms with Crippen molar-refractivity contribution in [1.29, 1.82) is 0 Å². The quantitative estimate of drug-likeness (QED) is 0.376. The standard InChI is InChI=1S/C6H9ClO5/c8-5-3-1-2-4-6(9)12-7(10)11/h5H,1-4H2. The molecule has 0 saturated heterocycles. The van der Waals surface area contributed by atoms with Crippen LogP contribution in [0.15, 0.2) is 0 Å². The summed E-state index contributed by atoms with van der Waals surface area (Å²) in [7, 11) is -2.46. The third-order valence-corrected chi connectivity index (χ3v) is 1.40. The first kappa shape index (κ1) is 11.4. The molecule has 0 aromatic carbocycles. The molecule has 70 valence electrons. The normalized spacial score (nSPS) is 9.92. The first-order valence-corrected chi connectivity index (χ1v) is 4.29. The first-order valence-electron chi connectivity index (χ1n) is 3.37. The molecule has 0 aliphatic carbocycles. The van der Waals surface area contributed by atoms with Gasteiger partial charge in [-0.1, -0.05) is 4.29 Å². The average Bonchev–Trinajstić information content (AvgIpc) is 1.97. The minimum Gasteiger partial charge on any atom is -0.307 e. The molecule has 0 aliphatic rings. The molecule has 0 rings (SSSR count). The topological polar surface area (TPSA) is 89.5 Å². The van der Waals surface area contributed by atoms with E-state index >= 15 is 0 Å². The summed E-state index contributed by atoms with van der Waals surface area (Å²) in [5, 5.41) is 0. The average molecular weight is 197 g/mol. The van der Waals surface area contributed by atoms with Gasteiger partial charge in [-0.15, -0.1) is 0 Å². The zero-order valence-corrected chi connectivity index (χ0v) is 7.08. The maximum atomic E-state index is 10.5. The molecule has 12 heavy (non-hydrogen) atoms. The molecular weight excluding hydrogens is 188 g/mol. The Morgan fingerprint density at radius 3 is 2.58 bits per heavy atom. The van der Waals surface area contributed by atoms with E-state index < -0.39 is 16.8 Å². The molecule has 0 spiro atoms. The van der Waals surface area contributed by atoms with Crippen LogP contribution < -0.4 is 9.32 Å². The molecule has 0 bridgehead atoms. The largest absolute Gasteiger partial charge is 0.421 e. The summed E-state index contributed by atoms with van der Waals surface area (Å²) < 4.78 is 23.3. The number of unbranched alkanes of at least 4 members (excludes halogenated alkanes) is 2. The smallest absolute Gasteiger partial charge is 0.307 e. The predicted molar refractivity (Wildman–Crippen MR) is 30.6 cm³/mol. The summed E-state index contributed by atoms with van der Waals surface area (Å²) in [4.78, 5) is 20.3. The SMILES string of the molecule is O=CCCCCC(=O)O[Cl+2]([O-])[O-]. The lowest BCUT2D eigenvalue weighted by Gasteiger charge is -1.93. The van der Waals surface area contributed by atoms with E-state index in [0.29, 0.717) is 19.3 Å². The molecule has 0 amide bonds. The lowest BCUT2D eigenvalue weighted by molar-refractivity contribution is -1.62. The Bertz CT molecular complexity index is 147. The highest BCUT2D eigenvalue weighted by Gasteiger charge is 2.16. The Hall–Kier alpha value is -0.650. The van der Waals surface area contributed by atoms with Gasteiger partial charge in [0.25, 0.3) is 0 Å². The fourth-order valence-corrected chi connectivity index (χ4v) is 0.824. The lowest BCUT2D eigenvalue weighted by Crippen LogP contribution is -2.36. The van der Waals surface area contributed by atoms with Crippen LogP contribution in [0.5, 0.6) is 0 Å². The van der Waals surface area contributed by atoms with Crippen molar-refractivity contribution in [3.8, 4) is 0 Å². The maximum absolute atomic E-state index is 10.5. The summed E-state index contributed by atoms with van der Waals surface area (Å²) in [6.07, 6.45) is 2.18. The second-order valence-electron chi connectivity index (χ2n) is 2.05. The first-order chi connectivity index (χ1) is 5.66. The van der Waals surface area contributed by atoms with Gasteiger partial charge in [0, 0.05) is 6.42 Å². The molecule has 0 unspecified atom stereocenters. The zero-order chi connectivity index (χ0) is 9.40. The van der Waals surface area contributed by atoms with E-state index in [1.165, 1.54) is 0 Å². The number of carbonyl (C=O) groups is 2. The number of hydrogen-bond donors (Lipinski definition) is 0. The van der Waals surface area contributed by atoms with Gasteiger partial charge in [-0.3, -0.25) is 0 Å². The Morgan fingerprint density at radius 1 is 1.42 bits per heavy atom. The van der Waals surface area contributed by atoms with Gasteiger partial charge < -0.3 is 14.1 Å². The van der Waals surface area contributed by atoms with Crippen molar-refractivity contribution in [3.05, 3.63) is 0 Å². The Labute approximate surface area is 72.7 Å². The molecule has 5 nitrogen and oxygen atoms in total. The van der Waals surface area contributed by atoms with E-state index in [1.54, 1.807) is 0 Å². The molecule has 0 atom stereocenters. The van der Waals surface area contributed by atoms with E-state index in [2.05, 4.69) is 4.29 Å². The van der Waals surface area contributed by atoms with Crippen molar-refractivity contribution in [2.45, 2.75) is 25.7 Å². The van der Waals surface area contributed by atoms with Gasteiger partial charge in [0.05, 0.1) is 6.42 Å². The molecule has 0 heterocycles. The number of aldehydes is 1. The second-order valence-corrected chi connectivity index (χ2v) is 2.58. The van der Waals surface area contributed by atoms with Gasteiger partial charge in [0.2, 0.25) is 0 Å². The molecule has 0 aliphatic heterocycles. The van der Waals surface area contributed by atoms with Crippen LogP contribution in [-0.2, 0) is 13.9 Å². The van der Waals surface area contributed by atoms with Gasteiger partial charge in [-0.2, -0.15) is 0 Å². The minimum atomic E-state index is -2.46. The van der Waals surface area contributed by atoms with Gasteiger partial charge in [-0.25, -0.2) is 4.79 Å². The molecule has 0 fully saturated rings. The van der Waals surface area contributed by atoms with Crippen LogP contribution >= 0.6 is 0 Å². The number of carbonyl (C=O) groups excluding carboxylic acids is 2. The summed E-state index contributed by atoms with van der Waals surface area (Å²) in [5.41, 5.74) is 0. The summed E-state index contributed by atoms with van der Waals surface area (Å²) in [5.74, 6) is -0.800. The molecular formula is C6H9ClO5. The van der Waals surface area contributed by atoms with Crippen LogP contribution in [0, 0.1) is 10.8 Å². The van der Waals surface area contributed by atoms with Gasteiger partial charge >= 0.3 is 16.8 Å². The number of hydrogen-bond acceptors (Lipinski definition) is 5. The molecule has 0 aromatic heterocycles. The van der Waals surface area contributed by atoms with E-state index in [9.17, 15) is 18.9 Å². The van der Waals surface area contributed by atoms with Gasteiger partial charge in [-0.05, 0) is 12.8 Å². The van der Waals surface area contributed by atoms with Crippen molar-refractivity contribution in [2.75, 3.05) is 0 Å². The summed E-state index contributed by atoms with van der Waals surface area (Å²) in [6.45, 7) is 0. The van der Waals surface area contributed by atoms with Crippen molar-refractivity contribution >= 4 is 12.3 Å². The van der Waals surface area contributed by atoms with E-state index in [4.69, 9.17) is 0 Å². The van der Waals surface area contributed by atoms with Crippen LogP contribution in [0.1, 0.15) is 25.7 Å². The molecule has 0 saturated carbocycles. The van der Waals surface area contributed by atoms with E-state index in [-0.39, 0.29) is 6.42 Å². The van der Waals surface area contributed by atoms with Crippen molar-refractivity contribution in [1.82, 2.24) is 0 Å². The maximum Gasteiger partial charge on any atom is 0.421 e. The van der Waals surface area contributed by atoms with Crippen molar-refractivity contribution < 1.29 is 34.0 Å². The lowest BCUT2D eigenvalue weighted by atomic mass is 10.2. The monoisotopic (exact) mass is 196 g/mol. The van der Waals surface area contributed by atoms with Crippen LogP contribution in [-0.4, -0.2) is 12.3 Å². The van der Waals surface area contributed by atoms with E-state index in [0.717, 1.165) is 6.29 Å². The zero-order valence-electron chi connectivity index (χ0n) is 6.32. The Morgan fingerprint density at radius 2 is 2.08 bits per heavy atom. The third kappa shape index (κ3) is 7.46. The predicted octanol–water partition coefficient (Wildman–Crippen LogP) is -1.62. The minimum absolute atomic E-state index is 0.0203. The van der Waals surface area contributed by atoms with Crippen molar-refractivity contribution in [3.63, 3.8) is 0 Å². The van der Waals surface area contributed by atoms with Gasteiger partial charge in [0.1, 0.15) is 6.29 Å². The van der Waals surface area contributed by atoms with Crippen molar-refractivity contribution in [2.24, 2.45) is 0 Å². The highest BCUT2D eigenvalue weighted by molar-refractivity contribution is 5.68. The highest BCUT2D eigenvalue weighted by atomic mass is 35.6. The van der Waals surface area contributed by atoms with Crippen LogP contribution in [0.2, 0.25) is 0 Å². The molecule has 6 heteroatoms. The molecule has 0 radical (unpaired) electrons. The summed E-state index contributed by atoms with van der Waals surface area (Å²) >= 11 is 0. The van der Waals surface area contributed by atoms with Crippen LogP contribution in [0.25, 0.3) is 0 Å². The third-order valence-electron chi connectivity index (χ3n) is 1.10. The van der Waals surface area contributed by atoms with E-state index in [1.807, 2.05) is 0 Å². The van der Waals surface area contributed by atoms with Crippen LogP contribution in [0.3, 0.4) is 0 Å².